The maximum absolute atomic E-state index is 12.8. The molecule has 0 radical (unpaired) electrons. The number of carbonyl (C=O) groups is 1. The molecule has 7 nitrogen and oxygen atoms in total. The van der Waals surface area contributed by atoms with Gasteiger partial charge in [0.15, 0.2) is 0 Å². The topological polar surface area (TPSA) is 87.9 Å². The largest absolute Gasteiger partial charge is 0.462 e. The van der Waals surface area contributed by atoms with Gasteiger partial charge in [0.25, 0.3) is 5.69 Å². The summed E-state index contributed by atoms with van der Waals surface area (Å²) in [6.07, 6.45) is -4.22. The molecule has 0 aliphatic heterocycles. The van der Waals surface area contributed by atoms with Crippen molar-refractivity contribution in [2.24, 2.45) is 0 Å². The standard InChI is InChI=1S/C24H19ClF3NO6/c25-20-13-17(24(26,27)28)7-10-22(20)35-18-8-9-21(29(31)32)19(14-18)23(30)34-12-4-11-33-15-16-5-2-1-3-6-16/h1-3,5-10,13-14H,4,11-12,15H2. The number of nitrogens with zero attached hydrogens (tertiary/aromatic N) is 1. The number of hydrogen-bond donors (Lipinski definition) is 0. The van der Waals surface area contributed by atoms with Gasteiger partial charge in [0, 0.05) is 18.6 Å². The molecule has 184 valence electrons. The van der Waals surface area contributed by atoms with E-state index in [4.69, 9.17) is 25.8 Å². The lowest BCUT2D eigenvalue weighted by Gasteiger charge is -2.12. The second-order valence-corrected chi connectivity index (χ2v) is 7.62. The second kappa shape index (κ2) is 11.7. The summed E-state index contributed by atoms with van der Waals surface area (Å²) in [5, 5.41) is 11.0. The summed E-state index contributed by atoms with van der Waals surface area (Å²) in [6, 6.07) is 15.3. The average Bonchev–Trinajstić information content (AvgIpc) is 2.82. The first kappa shape index (κ1) is 26.0. The molecular weight excluding hydrogens is 491 g/mol. The Bertz CT molecular complexity index is 1190. The Balaban J connectivity index is 1.62. The van der Waals surface area contributed by atoms with Gasteiger partial charge < -0.3 is 14.2 Å². The summed E-state index contributed by atoms with van der Waals surface area (Å²) in [6.45, 7) is 0.659. The van der Waals surface area contributed by atoms with E-state index in [1.807, 2.05) is 30.3 Å². The van der Waals surface area contributed by atoms with E-state index in [1.165, 1.54) is 6.07 Å². The van der Waals surface area contributed by atoms with E-state index in [0.29, 0.717) is 25.7 Å². The van der Waals surface area contributed by atoms with E-state index in [9.17, 15) is 28.1 Å². The zero-order valence-corrected chi connectivity index (χ0v) is 18.8. The van der Waals surface area contributed by atoms with Crippen molar-refractivity contribution in [2.75, 3.05) is 13.2 Å². The average molecular weight is 510 g/mol. The van der Waals surface area contributed by atoms with Crippen LogP contribution in [0.4, 0.5) is 18.9 Å². The van der Waals surface area contributed by atoms with Gasteiger partial charge in [0.2, 0.25) is 0 Å². The van der Waals surface area contributed by atoms with Gasteiger partial charge in [-0.1, -0.05) is 41.9 Å². The van der Waals surface area contributed by atoms with Gasteiger partial charge in [-0.15, -0.1) is 0 Å². The number of rotatable bonds is 10. The van der Waals surface area contributed by atoms with Gasteiger partial charge in [0.1, 0.15) is 17.1 Å². The fourth-order valence-electron chi connectivity index (χ4n) is 2.96. The highest BCUT2D eigenvalue weighted by molar-refractivity contribution is 6.32. The smallest absolute Gasteiger partial charge is 0.416 e. The molecule has 11 heteroatoms. The molecule has 0 amide bonds. The Hall–Kier alpha value is -3.63. The fourth-order valence-corrected chi connectivity index (χ4v) is 3.18. The minimum Gasteiger partial charge on any atom is -0.462 e. The normalized spacial score (nSPS) is 11.2. The first-order valence-electron chi connectivity index (χ1n) is 10.3. The predicted octanol–water partition coefficient (Wildman–Crippen LogP) is 6.82. The molecule has 0 fully saturated rings. The van der Waals surface area contributed by atoms with Gasteiger partial charge >= 0.3 is 12.1 Å². The van der Waals surface area contributed by atoms with E-state index in [-0.39, 0.29) is 28.7 Å². The Labute approximate surface area is 203 Å². The van der Waals surface area contributed by atoms with Crippen molar-refractivity contribution in [3.63, 3.8) is 0 Å². The molecule has 0 atom stereocenters. The highest BCUT2D eigenvalue weighted by Crippen LogP contribution is 2.37. The minimum absolute atomic E-state index is 0.0411. The van der Waals surface area contributed by atoms with Crippen LogP contribution in [0.3, 0.4) is 0 Å². The van der Waals surface area contributed by atoms with E-state index < -0.39 is 28.3 Å². The Morgan fingerprint density at radius 3 is 2.40 bits per heavy atom. The van der Waals surface area contributed by atoms with E-state index in [1.54, 1.807) is 0 Å². The zero-order chi connectivity index (χ0) is 25.4. The third-order valence-electron chi connectivity index (χ3n) is 4.65. The van der Waals surface area contributed by atoms with Crippen LogP contribution < -0.4 is 4.74 Å². The van der Waals surface area contributed by atoms with Crippen molar-refractivity contribution < 1.29 is 37.1 Å². The molecule has 0 heterocycles. The van der Waals surface area contributed by atoms with Crippen LogP contribution in [-0.2, 0) is 22.3 Å². The van der Waals surface area contributed by atoms with Crippen LogP contribution in [0.25, 0.3) is 0 Å². The number of halogens is 4. The summed E-state index contributed by atoms with van der Waals surface area (Å²) in [5.41, 5.74) is -0.859. The van der Waals surface area contributed by atoms with Crippen molar-refractivity contribution in [1.29, 1.82) is 0 Å². The Morgan fingerprint density at radius 1 is 1.00 bits per heavy atom. The monoisotopic (exact) mass is 509 g/mol. The first-order chi connectivity index (χ1) is 16.6. The molecule has 0 aliphatic rings. The van der Waals surface area contributed by atoms with E-state index in [0.717, 1.165) is 29.8 Å². The number of hydrogen-bond acceptors (Lipinski definition) is 6. The quantitative estimate of drug-likeness (QED) is 0.129. The Kier molecular flexibility index (Phi) is 8.67. The van der Waals surface area contributed by atoms with Crippen LogP contribution in [0.1, 0.15) is 27.9 Å². The van der Waals surface area contributed by atoms with Crippen LogP contribution in [0.2, 0.25) is 5.02 Å². The molecule has 0 unspecified atom stereocenters. The highest BCUT2D eigenvalue weighted by atomic mass is 35.5. The van der Waals surface area contributed by atoms with Gasteiger partial charge in [-0.05, 0) is 29.8 Å². The summed E-state index contributed by atoms with van der Waals surface area (Å²) < 4.78 is 54.5. The van der Waals surface area contributed by atoms with Gasteiger partial charge in [-0.2, -0.15) is 13.2 Å². The maximum Gasteiger partial charge on any atom is 0.416 e. The number of nitro groups is 1. The summed E-state index contributed by atoms with van der Waals surface area (Å²) in [4.78, 5) is 23.1. The van der Waals surface area contributed by atoms with Crippen LogP contribution >= 0.6 is 11.6 Å². The predicted molar refractivity (Wildman–Crippen MR) is 121 cm³/mol. The number of esters is 1. The van der Waals surface area contributed by atoms with Crippen LogP contribution in [0.5, 0.6) is 11.5 Å². The number of carbonyl (C=O) groups excluding carboxylic acids is 1. The minimum atomic E-state index is -4.58. The molecular formula is C24H19ClF3NO6. The fraction of sp³-hybridized carbons (Fsp3) is 0.208. The molecule has 0 N–H and O–H groups in total. The van der Waals surface area contributed by atoms with Gasteiger partial charge in [-0.3, -0.25) is 10.1 Å². The number of benzene rings is 3. The molecule has 0 spiro atoms. The summed E-state index contributed by atoms with van der Waals surface area (Å²) in [7, 11) is 0. The van der Waals surface area contributed by atoms with Gasteiger partial charge in [-0.25, -0.2) is 4.79 Å². The van der Waals surface area contributed by atoms with Crippen molar-refractivity contribution in [3.8, 4) is 11.5 Å². The lowest BCUT2D eigenvalue weighted by molar-refractivity contribution is -0.385. The number of nitro benzene ring substituents is 1. The maximum atomic E-state index is 12.8. The third kappa shape index (κ3) is 7.43. The molecule has 0 bridgehead atoms. The lowest BCUT2D eigenvalue weighted by Crippen LogP contribution is -2.11. The molecule has 35 heavy (non-hydrogen) atoms. The van der Waals surface area contributed by atoms with Crippen molar-refractivity contribution in [3.05, 3.63) is 98.6 Å². The SMILES string of the molecule is O=C(OCCCOCc1ccccc1)c1cc(Oc2ccc(C(F)(F)F)cc2Cl)ccc1[N+](=O)[O-]. The molecule has 0 saturated carbocycles. The zero-order valence-electron chi connectivity index (χ0n) is 18.1. The number of alkyl halides is 3. The molecule has 3 aromatic carbocycles. The molecule has 0 saturated heterocycles. The lowest BCUT2D eigenvalue weighted by atomic mass is 10.1. The molecule has 0 aliphatic carbocycles. The molecule has 0 aromatic heterocycles. The number of ether oxygens (including phenoxy) is 3. The first-order valence-corrected chi connectivity index (χ1v) is 10.6. The third-order valence-corrected chi connectivity index (χ3v) is 4.94. The highest BCUT2D eigenvalue weighted by Gasteiger charge is 2.31. The summed E-state index contributed by atoms with van der Waals surface area (Å²) in [5.74, 6) is -1.12. The van der Waals surface area contributed by atoms with Crippen molar-refractivity contribution >= 4 is 23.3 Å². The molecule has 3 rings (SSSR count). The van der Waals surface area contributed by atoms with Crippen molar-refractivity contribution in [2.45, 2.75) is 19.2 Å². The van der Waals surface area contributed by atoms with Crippen LogP contribution in [-0.4, -0.2) is 24.1 Å². The Morgan fingerprint density at radius 2 is 1.74 bits per heavy atom. The molecule has 3 aromatic rings. The van der Waals surface area contributed by atoms with E-state index in [2.05, 4.69) is 0 Å². The van der Waals surface area contributed by atoms with Gasteiger partial charge in [0.05, 0.1) is 35.3 Å². The second-order valence-electron chi connectivity index (χ2n) is 7.21. The van der Waals surface area contributed by atoms with E-state index >= 15 is 0 Å². The summed E-state index contributed by atoms with van der Waals surface area (Å²) >= 11 is 5.88. The van der Waals surface area contributed by atoms with Crippen molar-refractivity contribution in [1.82, 2.24) is 0 Å². The van der Waals surface area contributed by atoms with Crippen LogP contribution in [0, 0.1) is 10.1 Å². The van der Waals surface area contributed by atoms with Crippen LogP contribution in [0.15, 0.2) is 66.7 Å².